The topological polar surface area (TPSA) is 67.4 Å². The SMILES string of the molecule is C[C@H](NC(=O)CNC(=O)OC(C)(C)C)c1ccccc1. The van der Waals surface area contributed by atoms with E-state index < -0.39 is 11.7 Å². The number of hydrogen-bond donors (Lipinski definition) is 2. The van der Waals surface area contributed by atoms with Crippen LogP contribution in [0.25, 0.3) is 0 Å². The number of nitrogens with one attached hydrogen (secondary N) is 2. The third-order valence-corrected chi connectivity index (χ3v) is 2.47. The van der Waals surface area contributed by atoms with Crippen molar-refractivity contribution >= 4 is 12.0 Å². The second kappa shape index (κ2) is 6.93. The molecule has 110 valence electrons. The highest BCUT2D eigenvalue weighted by molar-refractivity contribution is 5.82. The maximum absolute atomic E-state index is 11.7. The highest BCUT2D eigenvalue weighted by atomic mass is 16.6. The Morgan fingerprint density at radius 1 is 1.20 bits per heavy atom. The predicted molar refractivity (Wildman–Crippen MR) is 77.2 cm³/mol. The first-order valence-electron chi connectivity index (χ1n) is 6.59. The number of rotatable bonds is 4. The van der Waals surface area contributed by atoms with Gasteiger partial charge in [0.05, 0.1) is 6.04 Å². The van der Waals surface area contributed by atoms with Crippen molar-refractivity contribution in [2.75, 3.05) is 6.54 Å². The van der Waals surface area contributed by atoms with Crippen LogP contribution in [0.3, 0.4) is 0 Å². The van der Waals surface area contributed by atoms with E-state index in [1.807, 2.05) is 37.3 Å². The molecule has 0 unspecified atom stereocenters. The van der Waals surface area contributed by atoms with E-state index in [1.54, 1.807) is 20.8 Å². The van der Waals surface area contributed by atoms with Gasteiger partial charge in [-0.2, -0.15) is 0 Å². The molecule has 1 atom stereocenters. The van der Waals surface area contributed by atoms with Gasteiger partial charge < -0.3 is 15.4 Å². The molecule has 1 rings (SSSR count). The Balaban J connectivity index is 2.36. The van der Waals surface area contributed by atoms with E-state index >= 15 is 0 Å². The van der Waals surface area contributed by atoms with Gasteiger partial charge in [0.25, 0.3) is 0 Å². The molecule has 0 aliphatic heterocycles. The van der Waals surface area contributed by atoms with Crippen LogP contribution in [-0.2, 0) is 9.53 Å². The molecule has 0 saturated carbocycles. The van der Waals surface area contributed by atoms with E-state index in [2.05, 4.69) is 10.6 Å². The summed E-state index contributed by atoms with van der Waals surface area (Å²) in [5, 5.41) is 5.23. The van der Waals surface area contributed by atoms with Crippen LogP contribution < -0.4 is 10.6 Å². The fraction of sp³-hybridized carbons (Fsp3) is 0.467. The molecule has 1 aromatic carbocycles. The Hall–Kier alpha value is -2.04. The van der Waals surface area contributed by atoms with Gasteiger partial charge in [-0.25, -0.2) is 4.79 Å². The molecular formula is C15H22N2O3. The van der Waals surface area contributed by atoms with Crippen LogP contribution in [0, 0.1) is 0 Å². The Kier molecular flexibility index (Phi) is 5.55. The van der Waals surface area contributed by atoms with E-state index in [0.717, 1.165) is 5.56 Å². The van der Waals surface area contributed by atoms with Crippen molar-refractivity contribution in [1.29, 1.82) is 0 Å². The lowest BCUT2D eigenvalue weighted by Crippen LogP contribution is -2.40. The van der Waals surface area contributed by atoms with Crippen LogP contribution >= 0.6 is 0 Å². The number of carbonyl (C=O) groups is 2. The lowest BCUT2D eigenvalue weighted by Gasteiger charge is -2.20. The summed E-state index contributed by atoms with van der Waals surface area (Å²) in [7, 11) is 0. The number of hydrogen-bond acceptors (Lipinski definition) is 3. The third-order valence-electron chi connectivity index (χ3n) is 2.47. The molecule has 1 aromatic rings. The number of alkyl carbamates (subject to hydrolysis) is 1. The monoisotopic (exact) mass is 278 g/mol. The first-order chi connectivity index (χ1) is 9.28. The van der Waals surface area contributed by atoms with E-state index in [1.165, 1.54) is 0 Å². The van der Waals surface area contributed by atoms with Crippen molar-refractivity contribution in [3.05, 3.63) is 35.9 Å². The molecule has 0 bridgehead atoms. The lowest BCUT2D eigenvalue weighted by molar-refractivity contribution is -0.120. The van der Waals surface area contributed by atoms with E-state index in [4.69, 9.17) is 4.74 Å². The molecule has 0 radical (unpaired) electrons. The maximum atomic E-state index is 11.7. The first-order valence-corrected chi connectivity index (χ1v) is 6.59. The Morgan fingerprint density at radius 3 is 2.35 bits per heavy atom. The molecule has 2 N–H and O–H groups in total. The van der Waals surface area contributed by atoms with Crippen molar-refractivity contribution < 1.29 is 14.3 Å². The molecular weight excluding hydrogens is 256 g/mol. The average molecular weight is 278 g/mol. The fourth-order valence-corrected chi connectivity index (χ4v) is 1.58. The predicted octanol–water partition coefficient (Wildman–Crippen LogP) is 2.39. The van der Waals surface area contributed by atoms with E-state index in [-0.39, 0.29) is 18.5 Å². The summed E-state index contributed by atoms with van der Waals surface area (Å²) in [6.07, 6.45) is -0.597. The minimum atomic E-state index is -0.597. The van der Waals surface area contributed by atoms with Crippen LogP contribution in [-0.4, -0.2) is 24.1 Å². The van der Waals surface area contributed by atoms with Crippen LogP contribution in [0.1, 0.15) is 39.3 Å². The number of benzene rings is 1. The summed E-state index contributed by atoms with van der Waals surface area (Å²) < 4.78 is 5.05. The minimum absolute atomic E-state index is 0.105. The Bertz CT molecular complexity index is 452. The molecule has 0 spiro atoms. The van der Waals surface area contributed by atoms with E-state index in [9.17, 15) is 9.59 Å². The molecule has 0 aliphatic carbocycles. The summed E-state index contributed by atoms with van der Waals surface area (Å²) >= 11 is 0. The zero-order valence-corrected chi connectivity index (χ0v) is 12.4. The lowest BCUT2D eigenvalue weighted by atomic mass is 10.1. The van der Waals surface area contributed by atoms with Gasteiger partial charge in [0, 0.05) is 0 Å². The highest BCUT2D eigenvalue weighted by Gasteiger charge is 2.17. The largest absolute Gasteiger partial charge is 0.444 e. The summed E-state index contributed by atoms with van der Waals surface area (Å²) in [6, 6.07) is 9.51. The fourth-order valence-electron chi connectivity index (χ4n) is 1.58. The van der Waals surface area contributed by atoms with Crippen molar-refractivity contribution in [2.24, 2.45) is 0 Å². The highest BCUT2D eigenvalue weighted by Crippen LogP contribution is 2.10. The summed E-state index contributed by atoms with van der Waals surface area (Å²) in [4.78, 5) is 23.1. The molecule has 20 heavy (non-hydrogen) atoms. The van der Waals surface area contributed by atoms with Crippen LogP contribution in [0.4, 0.5) is 4.79 Å². The zero-order valence-electron chi connectivity index (χ0n) is 12.4. The summed E-state index contributed by atoms with van der Waals surface area (Å²) in [5.41, 5.74) is 0.441. The number of ether oxygens (including phenoxy) is 1. The Morgan fingerprint density at radius 2 is 1.80 bits per heavy atom. The van der Waals surface area contributed by atoms with Gasteiger partial charge in [-0.05, 0) is 33.3 Å². The standard InChI is InChI=1S/C15H22N2O3/c1-11(12-8-6-5-7-9-12)17-13(18)10-16-14(19)20-15(2,3)4/h5-9,11H,10H2,1-4H3,(H,16,19)(H,17,18)/t11-/m0/s1. The quantitative estimate of drug-likeness (QED) is 0.888. The summed E-state index contributed by atoms with van der Waals surface area (Å²) in [6.45, 7) is 7.09. The smallest absolute Gasteiger partial charge is 0.408 e. The molecule has 5 nitrogen and oxygen atoms in total. The van der Waals surface area contributed by atoms with E-state index in [0.29, 0.717) is 0 Å². The van der Waals surface area contributed by atoms with Crippen molar-refractivity contribution in [1.82, 2.24) is 10.6 Å². The molecule has 2 amide bonds. The van der Waals surface area contributed by atoms with Gasteiger partial charge in [0.2, 0.25) is 5.91 Å². The maximum Gasteiger partial charge on any atom is 0.408 e. The molecule has 0 saturated heterocycles. The van der Waals surface area contributed by atoms with Gasteiger partial charge in [0.15, 0.2) is 0 Å². The average Bonchev–Trinajstić information content (AvgIpc) is 2.35. The second-order valence-corrected chi connectivity index (χ2v) is 5.56. The second-order valence-electron chi connectivity index (χ2n) is 5.56. The number of amides is 2. The minimum Gasteiger partial charge on any atom is -0.444 e. The molecule has 5 heteroatoms. The zero-order chi connectivity index (χ0) is 15.2. The third kappa shape index (κ3) is 6.22. The Labute approximate surface area is 119 Å². The summed E-state index contributed by atoms with van der Waals surface area (Å²) in [5.74, 6) is -0.257. The molecule has 0 aromatic heterocycles. The molecule has 0 aliphatic rings. The first kappa shape index (κ1) is 16.0. The van der Waals surface area contributed by atoms with Gasteiger partial charge in [0.1, 0.15) is 12.1 Å². The van der Waals surface area contributed by atoms with Crippen molar-refractivity contribution in [3.8, 4) is 0 Å². The van der Waals surface area contributed by atoms with Crippen LogP contribution in [0.15, 0.2) is 30.3 Å². The van der Waals surface area contributed by atoms with Crippen LogP contribution in [0.5, 0.6) is 0 Å². The van der Waals surface area contributed by atoms with Crippen molar-refractivity contribution in [2.45, 2.75) is 39.3 Å². The van der Waals surface area contributed by atoms with Gasteiger partial charge in [-0.3, -0.25) is 4.79 Å². The van der Waals surface area contributed by atoms with Gasteiger partial charge >= 0.3 is 6.09 Å². The van der Waals surface area contributed by atoms with Crippen molar-refractivity contribution in [3.63, 3.8) is 0 Å². The molecule has 0 fully saturated rings. The van der Waals surface area contributed by atoms with Crippen LogP contribution in [0.2, 0.25) is 0 Å². The normalized spacial score (nSPS) is 12.4. The molecule has 0 heterocycles. The van der Waals surface area contributed by atoms with Gasteiger partial charge in [-0.15, -0.1) is 0 Å². The number of carbonyl (C=O) groups excluding carboxylic acids is 2. The van der Waals surface area contributed by atoms with Gasteiger partial charge in [-0.1, -0.05) is 30.3 Å².